The first-order valence-electron chi connectivity index (χ1n) is 4.87. The average Bonchev–Trinajstić information content (AvgIpc) is 2.27. The van der Waals surface area contributed by atoms with Crippen molar-refractivity contribution in [2.24, 2.45) is 0 Å². The maximum Gasteiger partial charge on any atom is 0.418 e. The summed E-state index contributed by atoms with van der Waals surface area (Å²) < 4.78 is 38.3. The summed E-state index contributed by atoms with van der Waals surface area (Å²) in [5.74, 6) is 0. The Kier molecular flexibility index (Phi) is 4.98. The second kappa shape index (κ2) is 6.06. The summed E-state index contributed by atoms with van der Waals surface area (Å²) in [6.45, 7) is 3.82. The van der Waals surface area contributed by atoms with Crippen LogP contribution in [0.1, 0.15) is 5.56 Å². The smallest absolute Gasteiger partial charge is 0.359 e. The lowest BCUT2D eigenvalue weighted by molar-refractivity contribution is -0.136. The fraction of sp³-hybridized carbons (Fsp3) is 0.182. The zero-order valence-electron chi connectivity index (χ0n) is 9.14. The Morgan fingerprint density at radius 3 is 2.67 bits per heavy atom. The van der Waals surface area contributed by atoms with E-state index in [0.717, 1.165) is 6.07 Å². The Hall–Kier alpha value is -1.27. The minimum Gasteiger partial charge on any atom is -0.359 e. The lowest BCUT2D eigenvalue weighted by Crippen LogP contribution is -2.29. The fourth-order valence-corrected chi connectivity index (χ4v) is 1.56. The van der Waals surface area contributed by atoms with E-state index in [-0.39, 0.29) is 15.8 Å². The molecule has 0 aromatic heterocycles. The van der Waals surface area contributed by atoms with Crippen LogP contribution in [0.25, 0.3) is 0 Å². The number of benzene rings is 1. The third kappa shape index (κ3) is 4.19. The van der Waals surface area contributed by atoms with Crippen LogP contribution in [0.5, 0.6) is 0 Å². The average molecular weight is 295 g/mol. The van der Waals surface area contributed by atoms with Crippen molar-refractivity contribution < 1.29 is 13.2 Å². The van der Waals surface area contributed by atoms with Gasteiger partial charge < -0.3 is 10.6 Å². The van der Waals surface area contributed by atoms with Gasteiger partial charge in [-0.05, 0) is 30.4 Å². The maximum atomic E-state index is 12.8. The topological polar surface area (TPSA) is 24.1 Å². The fourth-order valence-electron chi connectivity index (χ4n) is 1.19. The standard InChI is InChI=1S/C11H10ClF3N2S/c1-2-5-16-10(18)17-9-4-3-7(12)6-8(9)11(13,14)15/h2-4,6H,1,5H2,(H2,16,17,18). The summed E-state index contributed by atoms with van der Waals surface area (Å²) >= 11 is 10.4. The molecule has 0 amide bonds. The van der Waals surface area contributed by atoms with E-state index in [4.69, 9.17) is 23.8 Å². The Labute approximate surface area is 113 Å². The first-order chi connectivity index (χ1) is 8.34. The second-order valence-electron chi connectivity index (χ2n) is 3.31. The van der Waals surface area contributed by atoms with Gasteiger partial charge in [0, 0.05) is 11.6 Å². The van der Waals surface area contributed by atoms with E-state index in [0.29, 0.717) is 6.54 Å². The Morgan fingerprint density at radius 1 is 1.44 bits per heavy atom. The van der Waals surface area contributed by atoms with Crippen LogP contribution >= 0.6 is 23.8 Å². The zero-order chi connectivity index (χ0) is 13.8. The molecule has 0 aliphatic heterocycles. The summed E-state index contributed by atoms with van der Waals surface area (Å²) in [4.78, 5) is 0. The van der Waals surface area contributed by atoms with Crippen LogP contribution in [0.2, 0.25) is 5.02 Å². The highest BCUT2D eigenvalue weighted by atomic mass is 35.5. The van der Waals surface area contributed by atoms with Crippen LogP contribution in [-0.4, -0.2) is 11.7 Å². The molecule has 0 spiro atoms. The Balaban J connectivity index is 2.95. The molecule has 98 valence electrons. The molecule has 0 radical (unpaired) electrons. The number of alkyl halides is 3. The molecule has 2 nitrogen and oxygen atoms in total. The third-order valence-corrected chi connectivity index (χ3v) is 2.42. The molecule has 1 aromatic rings. The lowest BCUT2D eigenvalue weighted by Gasteiger charge is -2.15. The number of nitrogens with one attached hydrogen (secondary N) is 2. The summed E-state index contributed by atoms with van der Waals surface area (Å²) in [6, 6.07) is 3.43. The highest BCUT2D eigenvalue weighted by Crippen LogP contribution is 2.36. The minimum absolute atomic E-state index is 0.0119. The highest BCUT2D eigenvalue weighted by molar-refractivity contribution is 7.80. The van der Waals surface area contributed by atoms with Gasteiger partial charge in [-0.3, -0.25) is 0 Å². The highest BCUT2D eigenvalue weighted by Gasteiger charge is 2.33. The van der Waals surface area contributed by atoms with E-state index in [1.54, 1.807) is 6.08 Å². The van der Waals surface area contributed by atoms with Gasteiger partial charge in [0.25, 0.3) is 0 Å². The molecule has 0 unspecified atom stereocenters. The minimum atomic E-state index is -4.50. The normalized spacial score (nSPS) is 10.9. The molecule has 0 fully saturated rings. The van der Waals surface area contributed by atoms with Gasteiger partial charge in [0.2, 0.25) is 0 Å². The summed E-state index contributed by atoms with van der Waals surface area (Å²) in [5.41, 5.74) is -1.01. The maximum absolute atomic E-state index is 12.8. The first kappa shape index (κ1) is 14.8. The van der Waals surface area contributed by atoms with Crippen LogP contribution in [-0.2, 0) is 6.18 Å². The number of anilines is 1. The van der Waals surface area contributed by atoms with E-state index in [9.17, 15) is 13.2 Å². The number of hydrogen-bond acceptors (Lipinski definition) is 1. The van der Waals surface area contributed by atoms with Crippen LogP contribution in [0.3, 0.4) is 0 Å². The van der Waals surface area contributed by atoms with Crippen molar-refractivity contribution in [1.82, 2.24) is 5.32 Å². The quantitative estimate of drug-likeness (QED) is 0.654. The van der Waals surface area contributed by atoms with Gasteiger partial charge in [-0.25, -0.2) is 0 Å². The number of rotatable bonds is 3. The van der Waals surface area contributed by atoms with Crippen molar-refractivity contribution >= 4 is 34.6 Å². The lowest BCUT2D eigenvalue weighted by atomic mass is 10.1. The van der Waals surface area contributed by atoms with Crippen molar-refractivity contribution in [3.63, 3.8) is 0 Å². The number of hydrogen-bond donors (Lipinski definition) is 2. The van der Waals surface area contributed by atoms with Gasteiger partial charge in [-0.2, -0.15) is 13.2 Å². The van der Waals surface area contributed by atoms with E-state index >= 15 is 0 Å². The van der Waals surface area contributed by atoms with Crippen LogP contribution in [0, 0.1) is 0 Å². The molecular formula is C11H10ClF3N2S. The monoisotopic (exact) mass is 294 g/mol. The molecule has 0 saturated carbocycles. The molecule has 0 atom stereocenters. The van der Waals surface area contributed by atoms with Crippen LogP contribution in [0.4, 0.5) is 18.9 Å². The molecule has 18 heavy (non-hydrogen) atoms. The van der Waals surface area contributed by atoms with Crippen molar-refractivity contribution in [3.8, 4) is 0 Å². The Bertz CT molecular complexity index is 460. The molecule has 0 bridgehead atoms. The molecule has 1 aromatic carbocycles. The predicted molar refractivity (Wildman–Crippen MR) is 70.9 cm³/mol. The van der Waals surface area contributed by atoms with E-state index in [1.807, 2.05) is 0 Å². The van der Waals surface area contributed by atoms with E-state index in [1.165, 1.54) is 12.1 Å². The van der Waals surface area contributed by atoms with Crippen molar-refractivity contribution in [1.29, 1.82) is 0 Å². The SMILES string of the molecule is C=CCNC(=S)Nc1ccc(Cl)cc1C(F)(F)F. The van der Waals surface area contributed by atoms with Gasteiger partial charge in [0.1, 0.15) is 0 Å². The summed E-state index contributed by atoms with van der Waals surface area (Å²) in [7, 11) is 0. The van der Waals surface area contributed by atoms with Gasteiger partial charge in [-0.15, -0.1) is 6.58 Å². The van der Waals surface area contributed by atoms with Crippen LogP contribution < -0.4 is 10.6 Å². The van der Waals surface area contributed by atoms with Gasteiger partial charge in [-0.1, -0.05) is 17.7 Å². The molecule has 1 rings (SSSR count). The van der Waals surface area contributed by atoms with Gasteiger partial charge in [0.15, 0.2) is 5.11 Å². The van der Waals surface area contributed by atoms with Gasteiger partial charge in [0.05, 0.1) is 11.3 Å². The molecule has 0 heterocycles. The third-order valence-electron chi connectivity index (χ3n) is 1.94. The predicted octanol–water partition coefficient (Wildman–Crippen LogP) is 3.83. The number of halogens is 4. The Morgan fingerprint density at radius 2 is 2.11 bits per heavy atom. The van der Waals surface area contributed by atoms with E-state index in [2.05, 4.69) is 17.2 Å². The molecule has 7 heteroatoms. The zero-order valence-corrected chi connectivity index (χ0v) is 10.7. The van der Waals surface area contributed by atoms with Crippen molar-refractivity contribution in [3.05, 3.63) is 41.4 Å². The van der Waals surface area contributed by atoms with Crippen molar-refractivity contribution in [2.45, 2.75) is 6.18 Å². The molecular weight excluding hydrogens is 285 g/mol. The van der Waals surface area contributed by atoms with E-state index < -0.39 is 11.7 Å². The number of thiocarbonyl (C=S) groups is 1. The molecule has 0 aliphatic carbocycles. The summed E-state index contributed by atoms with van der Waals surface area (Å²) in [5, 5.41) is 5.25. The summed E-state index contributed by atoms with van der Waals surface area (Å²) in [6.07, 6.45) is -2.96. The molecule has 0 aliphatic rings. The second-order valence-corrected chi connectivity index (χ2v) is 4.16. The van der Waals surface area contributed by atoms with Crippen LogP contribution in [0.15, 0.2) is 30.9 Å². The van der Waals surface area contributed by atoms with Crippen molar-refractivity contribution in [2.75, 3.05) is 11.9 Å². The molecule has 0 saturated heterocycles. The molecule has 2 N–H and O–H groups in total. The largest absolute Gasteiger partial charge is 0.418 e. The first-order valence-corrected chi connectivity index (χ1v) is 5.65. The van der Waals surface area contributed by atoms with Gasteiger partial charge >= 0.3 is 6.18 Å².